The van der Waals surface area contributed by atoms with Gasteiger partial charge in [0.05, 0.1) is 24.1 Å². The number of halogens is 3. The van der Waals surface area contributed by atoms with Crippen molar-refractivity contribution in [2.45, 2.75) is 26.1 Å². The zero-order chi connectivity index (χ0) is 14.6. The summed E-state index contributed by atoms with van der Waals surface area (Å²) >= 11 is 0. The van der Waals surface area contributed by atoms with E-state index in [1.165, 1.54) is 0 Å². The number of esters is 1. The zero-order valence-electron chi connectivity index (χ0n) is 10.3. The molecule has 0 aliphatic heterocycles. The highest BCUT2D eigenvalue weighted by Gasteiger charge is 2.38. The Labute approximate surface area is 107 Å². The summed E-state index contributed by atoms with van der Waals surface area (Å²) in [7, 11) is 0. The summed E-state index contributed by atoms with van der Waals surface area (Å²) in [6.45, 7) is 2.55. The van der Waals surface area contributed by atoms with E-state index in [1.807, 2.05) is 0 Å². The van der Waals surface area contributed by atoms with E-state index in [0.717, 1.165) is 19.2 Å². The van der Waals surface area contributed by atoms with Crippen LogP contribution in [0.4, 0.5) is 18.9 Å². The molecule has 5 nitrogen and oxygen atoms in total. The fourth-order valence-corrected chi connectivity index (χ4v) is 1.14. The van der Waals surface area contributed by atoms with Crippen LogP contribution >= 0.6 is 0 Å². The largest absolute Gasteiger partial charge is 0.465 e. The molecule has 1 heterocycles. The van der Waals surface area contributed by atoms with Crippen LogP contribution in [0.15, 0.2) is 12.3 Å². The van der Waals surface area contributed by atoms with Gasteiger partial charge in [0.2, 0.25) is 5.88 Å². The molecule has 0 saturated carbocycles. The van der Waals surface area contributed by atoms with E-state index in [4.69, 9.17) is 10.5 Å². The maximum absolute atomic E-state index is 12.3. The zero-order valence-corrected chi connectivity index (χ0v) is 10.3. The second kappa shape index (κ2) is 5.77. The number of carbonyl (C=O) groups excluding carboxylic acids is 1. The number of anilines is 1. The molecule has 1 atom stereocenters. The van der Waals surface area contributed by atoms with E-state index in [1.54, 1.807) is 6.92 Å². The van der Waals surface area contributed by atoms with Crippen molar-refractivity contribution < 1.29 is 27.4 Å². The standard InChI is InChI=1S/C11H13F3N2O3/c1-3-18-10(17)7-4-9(16-5-8(7)15)19-6(2)11(12,13)14/h4-6H,3,15H2,1-2H3. The minimum atomic E-state index is -4.52. The first-order chi connectivity index (χ1) is 8.75. The average molecular weight is 278 g/mol. The number of alkyl halides is 3. The Hall–Kier alpha value is -1.99. The van der Waals surface area contributed by atoms with Gasteiger partial charge >= 0.3 is 12.1 Å². The predicted molar refractivity (Wildman–Crippen MR) is 60.8 cm³/mol. The summed E-state index contributed by atoms with van der Waals surface area (Å²) in [5, 5.41) is 0. The number of hydrogen-bond acceptors (Lipinski definition) is 5. The van der Waals surface area contributed by atoms with E-state index in [2.05, 4.69) is 9.72 Å². The van der Waals surface area contributed by atoms with Gasteiger partial charge in [0.1, 0.15) is 0 Å². The Kier molecular flexibility index (Phi) is 4.57. The first-order valence-corrected chi connectivity index (χ1v) is 5.41. The van der Waals surface area contributed by atoms with Gasteiger partial charge < -0.3 is 15.2 Å². The molecule has 0 aliphatic rings. The molecule has 1 rings (SSSR count). The third-order valence-electron chi connectivity index (χ3n) is 2.16. The molecule has 106 valence electrons. The number of hydrogen-bond donors (Lipinski definition) is 1. The van der Waals surface area contributed by atoms with Crippen molar-refractivity contribution in [2.24, 2.45) is 0 Å². The second-order valence-electron chi connectivity index (χ2n) is 3.63. The average Bonchev–Trinajstić information content (AvgIpc) is 2.30. The maximum Gasteiger partial charge on any atom is 0.425 e. The van der Waals surface area contributed by atoms with E-state index in [0.29, 0.717) is 0 Å². The molecular formula is C11H13F3N2O3. The lowest BCUT2D eigenvalue weighted by Gasteiger charge is -2.17. The van der Waals surface area contributed by atoms with E-state index >= 15 is 0 Å². The van der Waals surface area contributed by atoms with Crippen molar-refractivity contribution >= 4 is 11.7 Å². The number of rotatable bonds is 4. The minimum absolute atomic E-state index is 0.00506. The van der Waals surface area contributed by atoms with Gasteiger partial charge in [-0.1, -0.05) is 0 Å². The van der Waals surface area contributed by atoms with Crippen molar-refractivity contribution in [3.63, 3.8) is 0 Å². The van der Waals surface area contributed by atoms with Crippen LogP contribution in [-0.4, -0.2) is 29.8 Å². The van der Waals surface area contributed by atoms with Gasteiger partial charge in [0.25, 0.3) is 0 Å². The fraction of sp³-hybridized carbons (Fsp3) is 0.455. The van der Waals surface area contributed by atoms with E-state index < -0.39 is 18.2 Å². The molecule has 0 spiro atoms. The number of ether oxygens (including phenoxy) is 2. The van der Waals surface area contributed by atoms with Gasteiger partial charge in [-0.05, 0) is 13.8 Å². The van der Waals surface area contributed by atoms with E-state index in [9.17, 15) is 18.0 Å². The fourth-order valence-electron chi connectivity index (χ4n) is 1.14. The lowest BCUT2D eigenvalue weighted by Crippen LogP contribution is -2.31. The molecule has 0 amide bonds. The van der Waals surface area contributed by atoms with Gasteiger partial charge in [-0.15, -0.1) is 0 Å². The van der Waals surface area contributed by atoms with Gasteiger partial charge in [-0.25, -0.2) is 9.78 Å². The molecule has 0 aliphatic carbocycles. The minimum Gasteiger partial charge on any atom is -0.465 e. The molecule has 1 aromatic rings. The highest BCUT2D eigenvalue weighted by Crippen LogP contribution is 2.25. The Morgan fingerprint density at radius 3 is 2.68 bits per heavy atom. The van der Waals surface area contributed by atoms with Crippen molar-refractivity contribution in [3.05, 3.63) is 17.8 Å². The van der Waals surface area contributed by atoms with Gasteiger partial charge in [-0.3, -0.25) is 0 Å². The third kappa shape index (κ3) is 4.01. The first kappa shape index (κ1) is 15.1. The lowest BCUT2D eigenvalue weighted by atomic mass is 10.2. The molecule has 0 fully saturated rings. The normalized spacial score (nSPS) is 12.9. The monoisotopic (exact) mass is 278 g/mol. The number of aromatic nitrogens is 1. The molecule has 0 aromatic carbocycles. The van der Waals surface area contributed by atoms with Crippen molar-refractivity contribution in [3.8, 4) is 5.88 Å². The van der Waals surface area contributed by atoms with Crippen molar-refractivity contribution in [2.75, 3.05) is 12.3 Å². The summed E-state index contributed by atoms with van der Waals surface area (Å²) in [5.41, 5.74) is 5.42. The Bertz CT molecular complexity index is 463. The van der Waals surface area contributed by atoms with Crippen molar-refractivity contribution in [1.29, 1.82) is 0 Å². The Balaban J connectivity index is 2.93. The molecule has 0 radical (unpaired) electrons. The van der Waals surface area contributed by atoms with Crippen LogP contribution in [0.5, 0.6) is 5.88 Å². The highest BCUT2D eigenvalue weighted by atomic mass is 19.4. The summed E-state index contributed by atoms with van der Waals surface area (Å²) < 4.78 is 46.3. The number of nitrogens with two attached hydrogens (primary N) is 1. The SMILES string of the molecule is CCOC(=O)c1cc(OC(C)C(F)(F)F)ncc1N. The van der Waals surface area contributed by atoms with Crippen LogP contribution in [-0.2, 0) is 4.74 Å². The molecule has 0 bridgehead atoms. The summed E-state index contributed by atoms with van der Waals surface area (Å²) in [4.78, 5) is 15.1. The summed E-state index contributed by atoms with van der Waals surface area (Å²) in [5.74, 6) is -1.09. The maximum atomic E-state index is 12.3. The van der Waals surface area contributed by atoms with Crippen LogP contribution in [0.1, 0.15) is 24.2 Å². The van der Waals surface area contributed by atoms with Crippen LogP contribution in [0, 0.1) is 0 Å². The van der Waals surface area contributed by atoms with Gasteiger partial charge in [0, 0.05) is 6.07 Å². The molecule has 1 aromatic heterocycles. The smallest absolute Gasteiger partial charge is 0.425 e. The summed E-state index contributed by atoms with van der Waals surface area (Å²) in [6.07, 6.45) is -5.52. The van der Waals surface area contributed by atoms with Gasteiger partial charge in [-0.2, -0.15) is 13.2 Å². The third-order valence-corrected chi connectivity index (χ3v) is 2.16. The van der Waals surface area contributed by atoms with Crippen molar-refractivity contribution in [1.82, 2.24) is 4.98 Å². The predicted octanol–water partition coefficient (Wildman–Crippen LogP) is 2.17. The molecular weight excluding hydrogens is 265 g/mol. The number of pyridine rings is 1. The molecule has 1 unspecified atom stereocenters. The summed E-state index contributed by atoms with van der Waals surface area (Å²) in [6, 6.07) is 1.02. The van der Waals surface area contributed by atoms with Crippen LogP contribution in [0.2, 0.25) is 0 Å². The van der Waals surface area contributed by atoms with Crippen LogP contribution in [0.25, 0.3) is 0 Å². The van der Waals surface area contributed by atoms with Gasteiger partial charge in [0.15, 0.2) is 6.10 Å². The quantitative estimate of drug-likeness (QED) is 0.854. The Morgan fingerprint density at radius 2 is 2.16 bits per heavy atom. The number of nitrogens with zero attached hydrogens (tertiary/aromatic N) is 1. The molecule has 19 heavy (non-hydrogen) atoms. The van der Waals surface area contributed by atoms with E-state index in [-0.39, 0.29) is 23.7 Å². The lowest BCUT2D eigenvalue weighted by molar-refractivity contribution is -0.189. The van der Waals surface area contributed by atoms with Crippen LogP contribution in [0.3, 0.4) is 0 Å². The first-order valence-electron chi connectivity index (χ1n) is 5.41. The molecule has 0 saturated heterocycles. The molecule has 2 N–H and O–H groups in total. The second-order valence-corrected chi connectivity index (χ2v) is 3.63. The van der Waals surface area contributed by atoms with Crippen LogP contribution < -0.4 is 10.5 Å². The molecule has 8 heteroatoms. The topological polar surface area (TPSA) is 74.4 Å². The highest BCUT2D eigenvalue weighted by molar-refractivity contribution is 5.95. The number of nitrogen functional groups attached to an aromatic ring is 1. The number of carbonyl (C=O) groups is 1. The Morgan fingerprint density at radius 1 is 1.53 bits per heavy atom.